The van der Waals surface area contributed by atoms with E-state index in [0.717, 1.165) is 9.77 Å². The highest BCUT2D eigenvalue weighted by Gasteiger charge is 2.14. The molecule has 0 fully saturated rings. The summed E-state index contributed by atoms with van der Waals surface area (Å²) < 4.78 is 6.10. The van der Waals surface area contributed by atoms with Crippen LogP contribution in [0.5, 0.6) is 11.6 Å². The minimum absolute atomic E-state index is 0.00273. The van der Waals surface area contributed by atoms with Crippen LogP contribution in [0.2, 0.25) is 0 Å². The van der Waals surface area contributed by atoms with Crippen molar-refractivity contribution in [2.75, 3.05) is 0 Å². The first-order valence-corrected chi connectivity index (χ1v) is 6.36. The van der Waals surface area contributed by atoms with Crippen LogP contribution in [0.1, 0.15) is 10.4 Å². The Morgan fingerprint density at radius 2 is 2.10 bits per heavy atom. The molecule has 0 saturated heterocycles. The summed E-state index contributed by atoms with van der Waals surface area (Å²) >= 11 is 1.99. The van der Waals surface area contributed by atoms with Gasteiger partial charge in [0.1, 0.15) is 17.5 Å². The van der Waals surface area contributed by atoms with Crippen molar-refractivity contribution in [3.63, 3.8) is 0 Å². The second-order valence-corrected chi connectivity index (χ2v) is 4.91. The highest BCUT2D eigenvalue weighted by atomic mass is 127. The van der Waals surface area contributed by atoms with Crippen LogP contribution in [-0.4, -0.2) is 21.0 Å². The zero-order valence-corrected chi connectivity index (χ0v) is 12.0. The third-order valence-corrected chi connectivity index (χ3v) is 2.99. The van der Waals surface area contributed by atoms with E-state index in [1.807, 2.05) is 22.6 Å². The highest BCUT2D eigenvalue weighted by molar-refractivity contribution is 14.1. The van der Waals surface area contributed by atoms with E-state index in [4.69, 9.17) is 9.84 Å². The van der Waals surface area contributed by atoms with Crippen molar-refractivity contribution in [3.8, 4) is 11.6 Å². The molecule has 1 aromatic carbocycles. The van der Waals surface area contributed by atoms with E-state index in [9.17, 15) is 14.9 Å². The first-order chi connectivity index (χ1) is 9.47. The molecule has 0 amide bonds. The number of pyridine rings is 1. The van der Waals surface area contributed by atoms with E-state index < -0.39 is 10.9 Å². The topological polar surface area (TPSA) is 103 Å². The summed E-state index contributed by atoms with van der Waals surface area (Å²) in [5.41, 5.74) is -0.171. The maximum absolute atomic E-state index is 11.1. The van der Waals surface area contributed by atoms with Gasteiger partial charge in [-0.05, 0) is 40.8 Å². The number of aromatic carboxylic acids is 1. The van der Waals surface area contributed by atoms with Crippen molar-refractivity contribution in [1.29, 1.82) is 0 Å². The predicted molar refractivity (Wildman–Crippen MR) is 77.1 cm³/mol. The van der Waals surface area contributed by atoms with Crippen molar-refractivity contribution < 1.29 is 19.6 Å². The summed E-state index contributed by atoms with van der Waals surface area (Å²) in [6.07, 6.45) is 1.04. The molecular weight excluding hydrogens is 379 g/mol. The third kappa shape index (κ3) is 3.20. The molecule has 1 aromatic heterocycles. The highest BCUT2D eigenvalue weighted by Crippen LogP contribution is 2.26. The second-order valence-electron chi connectivity index (χ2n) is 3.66. The van der Waals surface area contributed by atoms with Crippen molar-refractivity contribution >= 4 is 34.2 Å². The fourth-order valence-electron chi connectivity index (χ4n) is 1.41. The van der Waals surface area contributed by atoms with Crippen LogP contribution >= 0.6 is 22.6 Å². The lowest BCUT2D eigenvalue weighted by Crippen LogP contribution is -2.01. The Morgan fingerprint density at radius 1 is 1.35 bits per heavy atom. The number of aromatic nitrogens is 1. The molecule has 1 N–H and O–H groups in total. The number of hydrogen-bond acceptors (Lipinski definition) is 5. The zero-order chi connectivity index (χ0) is 14.7. The molecule has 1 heterocycles. The number of halogens is 1. The molecular formula is C12H7IN2O5. The number of ether oxygens (including phenoxy) is 1. The van der Waals surface area contributed by atoms with Crippen molar-refractivity contribution in [3.05, 3.63) is 55.8 Å². The molecule has 0 atom stereocenters. The first-order valence-electron chi connectivity index (χ1n) is 5.28. The summed E-state index contributed by atoms with van der Waals surface area (Å²) in [5, 5.41) is 19.6. The normalized spacial score (nSPS) is 10.1. The van der Waals surface area contributed by atoms with Crippen LogP contribution in [0.25, 0.3) is 0 Å². The van der Waals surface area contributed by atoms with Gasteiger partial charge in [0.25, 0.3) is 5.69 Å². The largest absolute Gasteiger partial charge is 0.478 e. The molecule has 0 saturated carbocycles. The van der Waals surface area contributed by atoms with Gasteiger partial charge < -0.3 is 9.84 Å². The van der Waals surface area contributed by atoms with E-state index in [1.165, 1.54) is 24.3 Å². The first kappa shape index (κ1) is 14.2. The van der Waals surface area contributed by atoms with E-state index in [2.05, 4.69) is 4.98 Å². The lowest BCUT2D eigenvalue weighted by molar-refractivity contribution is -0.385. The molecule has 7 nitrogen and oxygen atoms in total. The van der Waals surface area contributed by atoms with E-state index in [0.29, 0.717) is 0 Å². The maximum atomic E-state index is 11.1. The van der Waals surface area contributed by atoms with Crippen molar-refractivity contribution in [2.45, 2.75) is 0 Å². The fraction of sp³-hybridized carbons (Fsp3) is 0. The summed E-state index contributed by atoms with van der Waals surface area (Å²) in [7, 11) is 0. The van der Waals surface area contributed by atoms with Gasteiger partial charge in [0.2, 0.25) is 5.88 Å². The number of carbonyl (C=O) groups is 1. The fourth-order valence-corrected chi connectivity index (χ4v) is 1.90. The third-order valence-electron chi connectivity index (χ3n) is 2.32. The van der Waals surface area contributed by atoms with Gasteiger partial charge in [-0.3, -0.25) is 10.1 Å². The van der Waals surface area contributed by atoms with Crippen LogP contribution in [0.4, 0.5) is 5.69 Å². The van der Waals surface area contributed by atoms with Gasteiger partial charge >= 0.3 is 5.97 Å². The Morgan fingerprint density at radius 3 is 2.65 bits per heavy atom. The molecule has 0 aliphatic carbocycles. The molecule has 8 heteroatoms. The van der Waals surface area contributed by atoms with Gasteiger partial charge in [0, 0.05) is 15.7 Å². The molecule has 0 aliphatic rings. The van der Waals surface area contributed by atoms with Crippen LogP contribution in [0, 0.1) is 13.7 Å². The summed E-state index contributed by atoms with van der Waals surface area (Å²) in [6, 6.07) is 7.20. The quantitative estimate of drug-likeness (QED) is 0.492. The Hall–Kier alpha value is -2.23. The SMILES string of the molecule is O=C(O)c1cc(I)ccc1Oc1ccc([N+](=O)[O-])cn1. The average Bonchev–Trinajstić information content (AvgIpc) is 2.41. The minimum Gasteiger partial charge on any atom is -0.478 e. The lowest BCUT2D eigenvalue weighted by Gasteiger charge is -2.07. The minimum atomic E-state index is -1.12. The summed E-state index contributed by atoms with van der Waals surface area (Å²) in [6.45, 7) is 0. The van der Waals surface area contributed by atoms with Crippen LogP contribution < -0.4 is 4.74 Å². The number of nitrogens with zero attached hydrogens (tertiary/aromatic N) is 2. The maximum Gasteiger partial charge on any atom is 0.339 e. The summed E-state index contributed by atoms with van der Waals surface area (Å²) in [4.78, 5) is 24.8. The number of carboxylic acids is 1. The Kier molecular flexibility index (Phi) is 4.13. The lowest BCUT2D eigenvalue weighted by atomic mass is 10.2. The molecule has 2 aromatic rings. The molecule has 0 unspecified atom stereocenters. The Bertz CT molecular complexity index is 672. The number of benzene rings is 1. The predicted octanol–water partition coefficient (Wildman–Crippen LogP) is 3.08. The smallest absolute Gasteiger partial charge is 0.339 e. The molecule has 102 valence electrons. The van der Waals surface area contributed by atoms with Gasteiger partial charge in [-0.15, -0.1) is 0 Å². The van der Waals surface area contributed by atoms with E-state index >= 15 is 0 Å². The zero-order valence-electron chi connectivity index (χ0n) is 9.82. The average molecular weight is 386 g/mol. The molecule has 0 bridgehead atoms. The van der Waals surface area contributed by atoms with Crippen LogP contribution in [0.3, 0.4) is 0 Å². The molecule has 0 spiro atoms. The van der Waals surface area contributed by atoms with Crippen LogP contribution in [-0.2, 0) is 0 Å². The number of nitro groups is 1. The van der Waals surface area contributed by atoms with Gasteiger partial charge in [-0.2, -0.15) is 0 Å². The summed E-state index contributed by atoms with van der Waals surface area (Å²) in [5.74, 6) is -0.918. The van der Waals surface area contributed by atoms with E-state index in [-0.39, 0.29) is 22.9 Å². The second kappa shape index (κ2) is 5.82. The standard InChI is InChI=1S/C12H7IN2O5/c13-7-1-3-10(9(5-7)12(16)17)20-11-4-2-8(6-14-11)15(18)19/h1-6H,(H,16,17). The van der Waals surface area contributed by atoms with Gasteiger partial charge in [0.05, 0.1) is 4.92 Å². The Labute approximate surface area is 126 Å². The molecule has 20 heavy (non-hydrogen) atoms. The van der Waals surface area contributed by atoms with Crippen LogP contribution in [0.15, 0.2) is 36.5 Å². The van der Waals surface area contributed by atoms with Crippen molar-refractivity contribution in [2.24, 2.45) is 0 Å². The number of carboxylic acid groups (broad SMARTS) is 1. The number of rotatable bonds is 4. The molecule has 2 rings (SSSR count). The Balaban J connectivity index is 2.30. The van der Waals surface area contributed by atoms with Gasteiger partial charge in [-0.25, -0.2) is 9.78 Å². The monoisotopic (exact) mass is 386 g/mol. The van der Waals surface area contributed by atoms with Gasteiger partial charge in [-0.1, -0.05) is 0 Å². The van der Waals surface area contributed by atoms with Crippen molar-refractivity contribution in [1.82, 2.24) is 4.98 Å². The number of hydrogen-bond donors (Lipinski definition) is 1. The molecule has 0 aliphatic heterocycles. The van der Waals surface area contributed by atoms with Gasteiger partial charge in [0.15, 0.2) is 0 Å². The van der Waals surface area contributed by atoms with E-state index in [1.54, 1.807) is 6.07 Å². The molecule has 0 radical (unpaired) electrons.